The van der Waals surface area contributed by atoms with Crippen molar-refractivity contribution in [3.05, 3.63) is 34.9 Å². The van der Waals surface area contributed by atoms with Crippen molar-refractivity contribution >= 4 is 11.6 Å². The van der Waals surface area contributed by atoms with Gasteiger partial charge in [-0.3, -0.25) is 0 Å². The first-order valence-electron chi connectivity index (χ1n) is 5.41. The van der Waals surface area contributed by atoms with Crippen LogP contribution in [0.4, 0.5) is 0 Å². The van der Waals surface area contributed by atoms with E-state index in [0.717, 1.165) is 31.1 Å². The standard InChI is InChI=1S/C12H19ClN2/c1-2-10(7-14)8-15-9-11-3-5-12(13)6-4-11/h3-6,10,15H,2,7-9,14H2,1H3. The molecule has 0 aliphatic carbocycles. The summed E-state index contributed by atoms with van der Waals surface area (Å²) in [5.41, 5.74) is 6.88. The van der Waals surface area contributed by atoms with Crippen molar-refractivity contribution in [2.24, 2.45) is 11.7 Å². The average Bonchev–Trinajstić information content (AvgIpc) is 2.27. The number of hydrogen-bond donors (Lipinski definition) is 2. The van der Waals surface area contributed by atoms with E-state index in [0.29, 0.717) is 5.92 Å². The third-order valence-corrected chi connectivity index (χ3v) is 2.84. The van der Waals surface area contributed by atoms with E-state index in [-0.39, 0.29) is 0 Å². The third-order valence-electron chi connectivity index (χ3n) is 2.59. The van der Waals surface area contributed by atoms with Gasteiger partial charge in [0.1, 0.15) is 0 Å². The predicted molar refractivity (Wildman–Crippen MR) is 66.0 cm³/mol. The Labute approximate surface area is 96.8 Å². The van der Waals surface area contributed by atoms with E-state index >= 15 is 0 Å². The first kappa shape index (κ1) is 12.5. The van der Waals surface area contributed by atoms with E-state index in [2.05, 4.69) is 12.2 Å². The van der Waals surface area contributed by atoms with Gasteiger partial charge in [0.15, 0.2) is 0 Å². The lowest BCUT2D eigenvalue weighted by Crippen LogP contribution is -2.27. The second kappa shape index (κ2) is 6.83. The highest BCUT2D eigenvalue weighted by Crippen LogP contribution is 2.09. The smallest absolute Gasteiger partial charge is 0.0406 e. The highest BCUT2D eigenvalue weighted by Gasteiger charge is 2.02. The van der Waals surface area contributed by atoms with Crippen molar-refractivity contribution < 1.29 is 0 Å². The van der Waals surface area contributed by atoms with E-state index in [1.54, 1.807) is 0 Å². The van der Waals surface area contributed by atoms with Gasteiger partial charge < -0.3 is 11.1 Å². The summed E-state index contributed by atoms with van der Waals surface area (Å²) in [6.45, 7) is 4.79. The predicted octanol–water partition coefficient (Wildman–Crippen LogP) is 2.41. The Kier molecular flexibility index (Phi) is 5.69. The first-order chi connectivity index (χ1) is 7.26. The lowest BCUT2D eigenvalue weighted by molar-refractivity contribution is 0.471. The molecule has 15 heavy (non-hydrogen) atoms. The molecule has 0 fully saturated rings. The van der Waals surface area contributed by atoms with E-state index in [1.165, 1.54) is 5.56 Å². The minimum absolute atomic E-state index is 0.581. The number of rotatable bonds is 6. The summed E-state index contributed by atoms with van der Waals surface area (Å²) >= 11 is 5.80. The maximum Gasteiger partial charge on any atom is 0.0406 e. The molecule has 1 rings (SSSR count). The molecule has 0 saturated carbocycles. The zero-order valence-corrected chi connectivity index (χ0v) is 9.93. The Bertz CT molecular complexity index is 267. The van der Waals surface area contributed by atoms with Gasteiger partial charge in [-0.2, -0.15) is 0 Å². The van der Waals surface area contributed by atoms with Gasteiger partial charge in [-0.25, -0.2) is 0 Å². The van der Waals surface area contributed by atoms with Crippen LogP contribution in [0.25, 0.3) is 0 Å². The molecule has 1 unspecified atom stereocenters. The van der Waals surface area contributed by atoms with Gasteiger partial charge in [-0.15, -0.1) is 0 Å². The molecule has 0 radical (unpaired) electrons. The van der Waals surface area contributed by atoms with Crippen molar-refractivity contribution in [1.82, 2.24) is 5.32 Å². The zero-order chi connectivity index (χ0) is 11.1. The fraction of sp³-hybridized carbons (Fsp3) is 0.500. The van der Waals surface area contributed by atoms with Crippen molar-refractivity contribution in [2.75, 3.05) is 13.1 Å². The van der Waals surface area contributed by atoms with Crippen molar-refractivity contribution in [2.45, 2.75) is 19.9 Å². The molecular formula is C12H19ClN2. The maximum absolute atomic E-state index is 5.80. The van der Waals surface area contributed by atoms with Crippen molar-refractivity contribution in [3.63, 3.8) is 0 Å². The maximum atomic E-state index is 5.80. The molecule has 3 N–H and O–H groups in total. The Morgan fingerprint density at radius 1 is 1.33 bits per heavy atom. The summed E-state index contributed by atoms with van der Waals surface area (Å²) in [7, 11) is 0. The lowest BCUT2D eigenvalue weighted by atomic mass is 10.1. The highest BCUT2D eigenvalue weighted by atomic mass is 35.5. The second-order valence-corrected chi connectivity index (χ2v) is 4.20. The minimum Gasteiger partial charge on any atom is -0.330 e. The normalized spacial score (nSPS) is 12.7. The van der Waals surface area contributed by atoms with Crippen LogP contribution in [0.15, 0.2) is 24.3 Å². The molecule has 0 aromatic heterocycles. The van der Waals surface area contributed by atoms with Crippen LogP contribution in [-0.2, 0) is 6.54 Å². The van der Waals surface area contributed by atoms with Crippen LogP contribution < -0.4 is 11.1 Å². The van der Waals surface area contributed by atoms with Crippen LogP contribution in [0.3, 0.4) is 0 Å². The molecular weight excluding hydrogens is 208 g/mol. The minimum atomic E-state index is 0.581. The number of nitrogens with two attached hydrogens (primary N) is 1. The number of hydrogen-bond acceptors (Lipinski definition) is 2. The van der Waals surface area contributed by atoms with Crippen LogP contribution in [0.2, 0.25) is 5.02 Å². The highest BCUT2D eigenvalue weighted by molar-refractivity contribution is 6.30. The molecule has 1 aromatic rings. The van der Waals surface area contributed by atoms with Gasteiger partial charge in [0.05, 0.1) is 0 Å². The molecule has 0 saturated heterocycles. The molecule has 0 aliphatic rings. The van der Waals surface area contributed by atoms with Crippen LogP contribution >= 0.6 is 11.6 Å². The quantitative estimate of drug-likeness (QED) is 0.782. The summed E-state index contributed by atoms with van der Waals surface area (Å²) in [6, 6.07) is 7.91. The SMILES string of the molecule is CCC(CN)CNCc1ccc(Cl)cc1. The van der Waals surface area contributed by atoms with Crippen molar-refractivity contribution in [1.29, 1.82) is 0 Å². The van der Waals surface area contributed by atoms with Crippen LogP contribution in [0, 0.1) is 5.92 Å². The van der Waals surface area contributed by atoms with E-state index < -0.39 is 0 Å². The topological polar surface area (TPSA) is 38.0 Å². The molecule has 1 atom stereocenters. The fourth-order valence-electron chi connectivity index (χ4n) is 1.42. The molecule has 0 bridgehead atoms. The summed E-state index contributed by atoms with van der Waals surface area (Å²) in [5.74, 6) is 0.581. The number of benzene rings is 1. The van der Waals surface area contributed by atoms with Gasteiger partial charge in [0, 0.05) is 11.6 Å². The third kappa shape index (κ3) is 4.65. The lowest BCUT2D eigenvalue weighted by Gasteiger charge is -2.13. The van der Waals surface area contributed by atoms with Gasteiger partial charge in [0.2, 0.25) is 0 Å². The molecule has 84 valence electrons. The molecule has 1 aromatic carbocycles. The summed E-state index contributed by atoms with van der Waals surface area (Å²) in [6.07, 6.45) is 1.13. The largest absolute Gasteiger partial charge is 0.330 e. The monoisotopic (exact) mass is 226 g/mol. The van der Waals surface area contributed by atoms with E-state index in [9.17, 15) is 0 Å². The zero-order valence-electron chi connectivity index (χ0n) is 9.17. The van der Waals surface area contributed by atoms with Crippen LogP contribution in [-0.4, -0.2) is 13.1 Å². The summed E-state index contributed by atoms with van der Waals surface area (Å²) in [4.78, 5) is 0. The second-order valence-electron chi connectivity index (χ2n) is 3.77. The Morgan fingerprint density at radius 3 is 2.53 bits per heavy atom. The van der Waals surface area contributed by atoms with E-state index in [1.807, 2.05) is 24.3 Å². The number of nitrogens with one attached hydrogen (secondary N) is 1. The summed E-state index contributed by atoms with van der Waals surface area (Å²) < 4.78 is 0. The van der Waals surface area contributed by atoms with Gasteiger partial charge in [-0.05, 0) is 36.7 Å². The van der Waals surface area contributed by atoms with E-state index in [4.69, 9.17) is 17.3 Å². The molecule has 0 spiro atoms. The van der Waals surface area contributed by atoms with Crippen LogP contribution in [0.1, 0.15) is 18.9 Å². The van der Waals surface area contributed by atoms with Gasteiger partial charge >= 0.3 is 0 Å². The Morgan fingerprint density at radius 2 is 2.00 bits per heavy atom. The van der Waals surface area contributed by atoms with Gasteiger partial charge in [-0.1, -0.05) is 37.1 Å². The molecule has 0 heterocycles. The van der Waals surface area contributed by atoms with Crippen LogP contribution in [0.5, 0.6) is 0 Å². The van der Waals surface area contributed by atoms with Crippen molar-refractivity contribution in [3.8, 4) is 0 Å². The molecule has 0 aliphatic heterocycles. The average molecular weight is 227 g/mol. The molecule has 2 nitrogen and oxygen atoms in total. The van der Waals surface area contributed by atoms with Gasteiger partial charge in [0.25, 0.3) is 0 Å². The first-order valence-corrected chi connectivity index (χ1v) is 5.79. The molecule has 0 amide bonds. The summed E-state index contributed by atoms with van der Waals surface area (Å²) in [5, 5.41) is 4.18. The Hall–Kier alpha value is -0.570. The molecule has 3 heteroatoms. The fourth-order valence-corrected chi connectivity index (χ4v) is 1.54. The number of halogens is 1. The Balaban J connectivity index is 2.28.